The maximum atomic E-state index is 9.92. The molecule has 0 bridgehead atoms. The average Bonchev–Trinajstić information content (AvgIpc) is 2.97. The van der Waals surface area contributed by atoms with Crippen LogP contribution >= 0.6 is 0 Å². The van der Waals surface area contributed by atoms with Crippen molar-refractivity contribution in [2.75, 3.05) is 19.8 Å². The molecule has 1 heterocycles. The highest BCUT2D eigenvalue weighted by molar-refractivity contribution is 4.87. The van der Waals surface area contributed by atoms with Gasteiger partial charge in [0.05, 0.1) is 13.2 Å². The molecule has 26 heavy (non-hydrogen) atoms. The number of unbranched alkanes of at least 4 members (excludes halogenated alkanes) is 9. The minimum Gasteiger partial charge on any atom is -0.388 e. The summed E-state index contributed by atoms with van der Waals surface area (Å²) in [5.41, 5.74) is 0. The molecule has 0 aromatic carbocycles. The lowest BCUT2D eigenvalue weighted by molar-refractivity contribution is -0.0813. The third-order valence-electron chi connectivity index (χ3n) is 4.89. The lowest BCUT2D eigenvalue weighted by Crippen LogP contribution is -2.40. The van der Waals surface area contributed by atoms with Crippen LogP contribution in [0.2, 0.25) is 0 Å². The van der Waals surface area contributed by atoms with Gasteiger partial charge in [-0.3, -0.25) is 0 Å². The summed E-state index contributed by atoms with van der Waals surface area (Å²) in [7, 11) is 0. The van der Waals surface area contributed by atoms with E-state index in [0.717, 1.165) is 12.8 Å². The molecule has 0 saturated carbocycles. The number of ether oxygens (including phenoxy) is 2. The molecule has 0 aromatic heterocycles. The first-order chi connectivity index (χ1) is 12.7. The summed E-state index contributed by atoms with van der Waals surface area (Å²) in [4.78, 5) is 0. The van der Waals surface area contributed by atoms with E-state index in [4.69, 9.17) is 9.47 Å². The van der Waals surface area contributed by atoms with Crippen LogP contribution in [0.5, 0.6) is 0 Å². The van der Waals surface area contributed by atoms with Gasteiger partial charge in [-0.25, -0.2) is 0 Å². The van der Waals surface area contributed by atoms with Gasteiger partial charge in [0.1, 0.15) is 24.4 Å². The standard InChI is InChI=1S/C21H40O5/c1-2-3-4-5-6-7-8-9-10-11-12-13-14-15-25-16-19(23)21-20(24)18(22)17-26-21/h4-5,18-24H,2-3,6-17H2,1H3/b5-4+/t18-,19+,20-,21-/m1/s1. The highest BCUT2D eigenvalue weighted by Gasteiger charge is 2.39. The Labute approximate surface area is 159 Å². The number of aliphatic hydroxyl groups excluding tert-OH is 3. The quantitative estimate of drug-likeness (QED) is 0.286. The molecule has 5 nitrogen and oxygen atoms in total. The third kappa shape index (κ3) is 10.6. The molecule has 0 spiro atoms. The summed E-state index contributed by atoms with van der Waals surface area (Å²) >= 11 is 0. The molecule has 1 aliphatic heterocycles. The maximum absolute atomic E-state index is 9.92. The van der Waals surface area contributed by atoms with Crippen LogP contribution in [0.3, 0.4) is 0 Å². The average molecular weight is 373 g/mol. The lowest BCUT2D eigenvalue weighted by Gasteiger charge is -2.20. The fourth-order valence-corrected chi connectivity index (χ4v) is 3.19. The highest BCUT2D eigenvalue weighted by atomic mass is 16.5. The second kappa shape index (κ2) is 15.6. The Bertz CT molecular complexity index is 347. The van der Waals surface area contributed by atoms with Crippen LogP contribution in [0.4, 0.5) is 0 Å². The predicted molar refractivity (Wildman–Crippen MR) is 104 cm³/mol. The SMILES string of the molecule is CCC/C=C/CCCCCCCCCCOC[C@H](O)[C@H]1OC[C@@H](O)[C@H]1O. The zero-order chi connectivity index (χ0) is 19.0. The summed E-state index contributed by atoms with van der Waals surface area (Å²) in [5, 5.41) is 29.0. The van der Waals surface area contributed by atoms with Crippen molar-refractivity contribution in [1.82, 2.24) is 0 Å². The van der Waals surface area contributed by atoms with Gasteiger partial charge in [-0.15, -0.1) is 0 Å². The van der Waals surface area contributed by atoms with Gasteiger partial charge in [0.25, 0.3) is 0 Å². The second-order valence-electron chi connectivity index (χ2n) is 7.38. The first kappa shape index (κ1) is 23.6. The summed E-state index contributed by atoms with van der Waals surface area (Å²) < 4.78 is 10.6. The van der Waals surface area contributed by atoms with Crippen molar-refractivity contribution >= 4 is 0 Å². The fraction of sp³-hybridized carbons (Fsp3) is 0.905. The first-order valence-electron chi connectivity index (χ1n) is 10.5. The molecule has 154 valence electrons. The topological polar surface area (TPSA) is 79.2 Å². The first-order valence-corrected chi connectivity index (χ1v) is 10.5. The number of rotatable bonds is 16. The second-order valence-corrected chi connectivity index (χ2v) is 7.38. The smallest absolute Gasteiger partial charge is 0.114 e. The number of aliphatic hydroxyl groups is 3. The monoisotopic (exact) mass is 372 g/mol. The summed E-state index contributed by atoms with van der Waals surface area (Å²) in [6.45, 7) is 3.04. The van der Waals surface area contributed by atoms with Crippen LogP contribution < -0.4 is 0 Å². The summed E-state index contributed by atoms with van der Waals surface area (Å²) in [5.74, 6) is 0. The van der Waals surface area contributed by atoms with E-state index in [1.165, 1.54) is 57.8 Å². The molecule has 0 radical (unpaired) electrons. The van der Waals surface area contributed by atoms with Crippen LogP contribution in [0.1, 0.15) is 77.6 Å². The zero-order valence-corrected chi connectivity index (χ0v) is 16.5. The molecule has 0 unspecified atom stereocenters. The zero-order valence-electron chi connectivity index (χ0n) is 16.5. The van der Waals surface area contributed by atoms with Gasteiger partial charge < -0.3 is 24.8 Å². The molecule has 0 aliphatic carbocycles. The minimum atomic E-state index is -1.03. The van der Waals surface area contributed by atoms with E-state index in [-0.39, 0.29) is 13.2 Å². The van der Waals surface area contributed by atoms with Crippen LogP contribution in [-0.2, 0) is 9.47 Å². The van der Waals surface area contributed by atoms with E-state index in [9.17, 15) is 15.3 Å². The predicted octanol–water partition coefficient (Wildman–Crippen LogP) is 3.35. The molecule has 1 saturated heterocycles. The van der Waals surface area contributed by atoms with Crippen molar-refractivity contribution in [1.29, 1.82) is 0 Å². The van der Waals surface area contributed by atoms with E-state index < -0.39 is 24.4 Å². The van der Waals surface area contributed by atoms with Crippen LogP contribution in [0.15, 0.2) is 12.2 Å². The number of hydrogen-bond donors (Lipinski definition) is 3. The van der Waals surface area contributed by atoms with E-state index in [2.05, 4.69) is 19.1 Å². The van der Waals surface area contributed by atoms with Crippen molar-refractivity contribution in [3.05, 3.63) is 12.2 Å². The van der Waals surface area contributed by atoms with Crippen molar-refractivity contribution in [3.63, 3.8) is 0 Å². The molecular weight excluding hydrogens is 332 g/mol. The molecular formula is C21H40O5. The van der Waals surface area contributed by atoms with Gasteiger partial charge >= 0.3 is 0 Å². The van der Waals surface area contributed by atoms with Crippen molar-refractivity contribution in [3.8, 4) is 0 Å². The van der Waals surface area contributed by atoms with Crippen LogP contribution in [-0.4, -0.2) is 59.6 Å². The third-order valence-corrected chi connectivity index (χ3v) is 4.89. The van der Waals surface area contributed by atoms with E-state index in [1.807, 2.05) is 0 Å². The maximum Gasteiger partial charge on any atom is 0.114 e. The molecule has 1 rings (SSSR count). The lowest BCUT2D eigenvalue weighted by atomic mass is 10.1. The van der Waals surface area contributed by atoms with E-state index >= 15 is 0 Å². The van der Waals surface area contributed by atoms with Gasteiger partial charge in [-0.05, 0) is 25.7 Å². The van der Waals surface area contributed by atoms with Crippen molar-refractivity contribution in [2.24, 2.45) is 0 Å². The molecule has 5 heteroatoms. The molecule has 0 aromatic rings. The Morgan fingerprint density at radius 3 is 2.19 bits per heavy atom. The Balaban J connectivity index is 1.81. The number of hydrogen-bond acceptors (Lipinski definition) is 5. The molecule has 4 atom stereocenters. The Kier molecular flexibility index (Phi) is 14.1. The number of allylic oxidation sites excluding steroid dienone is 2. The van der Waals surface area contributed by atoms with Crippen LogP contribution in [0, 0.1) is 0 Å². The van der Waals surface area contributed by atoms with Crippen LogP contribution in [0.25, 0.3) is 0 Å². The van der Waals surface area contributed by atoms with Gasteiger partial charge in [0.2, 0.25) is 0 Å². The van der Waals surface area contributed by atoms with Crippen molar-refractivity contribution < 1.29 is 24.8 Å². The largest absolute Gasteiger partial charge is 0.388 e. The Hall–Kier alpha value is -0.460. The summed E-state index contributed by atoms with van der Waals surface area (Å²) in [6.07, 6.45) is 14.7. The van der Waals surface area contributed by atoms with Gasteiger partial charge in [-0.1, -0.05) is 64.0 Å². The van der Waals surface area contributed by atoms with Gasteiger partial charge in [0, 0.05) is 6.61 Å². The fourth-order valence-electron chi connectivity index (χ4n) is 3.19. The Morgan fingerprint density at radius 2 is 1.58 bits per heavy atom. The normalized spacial score (nSPS) is 24.5. The van der Waals surface area contributed by atoms with E-state index in [0.29, 0.717) is 6.61 Å². The van der Waals surface area contributed by atoms with E-state index in [1.54, 1.807) is 0 Å². The van der Waals surface area contributed by atoms with Crippen molar-refractivity contribution in [2.45, 2.75) is 102 Å². The minimum absolute atomic E-state index is 0.0679. The molecule has 1 fully saturated rings. The molecule has 3 N–H and O–H groups in total. The van der Waals surface area contributed by atoms with Gasteiger partial charge in [0.15, 0.2) is 0 Å². The molecule has 1 aliphatic rings. The highest BCUT2D eigenvalue weighted by Crippen LogP contribution is 2.18. The Morgan fingerprint density at radius 1 is 0.962 bits per heavy atom. The van der Waals surface area contributed by atoms with Gasteiger partial charge in [-0.2, -0.15) is 0 Å². The summed E-state index contributed by atoms with van der Waals surface area (Å²) in [6, 6.07) is 0. The molecule has 0 amide bonds.